The van der Waals surface area contributed by atoms with Gasteiger partial charge in [-0.25, -0.2) is 9.97 Å². The van der Waals surface area contributed by atoms with E-state index in [4.69, 9.17) is 0 Å². The Labute approximate surface area is 144 Å². The zero-order valence-corrected chi connectivity index (χ0v) is 13.7. The van der Waals surface area contributed by atoms with Gasteiger partial charge in [-0.1, -0.05) is 12.8 Å². The van der Waals surface area contributed by atoms with Crippen molar-refractivity contribution in [3.63, 3.8) is 0 Å². The first-order chi connectivity index (χ1) is 12.3. The highest BCUT2D eigenvalue weighted by molar-refractivity contribution is 5.76. The van der Waals surface area contributed by atoms with E-state index in [0.717, 1.165) is 24.0 Å². The highest BCUT2D eigenvalue weighted by atomic mass is 16.2. The third kappa shape index (κ3) is 3.73. The molecular formula is C17H19N7O. The third-order valence-corrected chi connectivity index (χ3v) is 4.26. The van der Waals surface area contributed by atoms with E-state index in [1.165, 1.54) is 12.8 Å². The Bertz CT molecular complexity index is 885. The van der Waals surface area contributed by atoms with Crippen LogP contribution in [0.3, 0.4) is 0 Å². The van der Waals surface area contributed by atoms with E-state index in [-0.39, 0.29) is 12.5 Å². The Morgan fingerprint density at radius 3 is 2.92 bits per heavy atom. The molecule has 3 heterocycles. The van der Waals surface area contributed by atoms with Crippen molar-refractivity contribution < 1.29 is 4.79 Å². The number of nitrogens with one attached hydrogen (secondary N) is 2. The molecule has 8 heteroatoms. The monoisotopic (exact) mass is 337 g/mol. The van der Waals surface area contributed by atoms with Crippen LogP contribution >= 0.6 is 0 Å². The molecule has 25 heavy (non-hydrogen) atoms. The topological polar surface area (TPSA) is 97.6 Å². The summed E-state index contributed by atoms with van der Waals surface area (Å²) in [6.07, 6.45) is 11.3. The molecule has 1 saturated carbocycles. The fraction of sp³-hybridized carbons (Fsp3) is 0.353. The summed E-state index contributed by atoms with van der Waals surface area (Å²) >= 11 is 0. The SMILES string of the molecule is O=C(Cn1cc(Nc2ccc3nccnc3n2)cn1)NC1CCCC1. The van der Waals surface area contributed by atoms with Gasteiger partial charge in [-0.05, 0) is 25.0 Å². The van der Waals surface area contributed by atoms with Crippen LogP contribution in [0.4, 0.5) is 11.5 Å². The molecule has 1 aliphatic rings. The summed E-state index contributed by atoms with van der Waals surface area (Å²) in [6.45, 7) is 0.217. The second-order valence-corrected chi connectivity index (χ2v) is 6.20. The van der Waals surface area contributed by atoms with Crippen LogP contribution in [-0.2, 0) is 11.3 Å². The van der Waals surface area contributed by atoms with Gasteiger partial charge in [0.2, 0.25) is 5.91 Å². The summed E-state index contributed by atoms with van der Waals surface area (Å²) in [5, 5.41) is 10.5. The van der Waals surface area contributed by atoms with Gasteiger partial charge < -0.3 is 10.6 Å². The van der Waals surface area contributed by atoms with Crippen molar-refractivity contribution in [2.45, 2.75) is 38.3 Å². The van der Waals surface area contributed by atoms with Crippen LogP contribution in [-0.4, -0.2) is 36.7 Å². The van der Waals surface area contributed by atoms with Gasteiger partial charge in [-0.2, -0.15) is 5.10 Å². The van der Waals surface area contributed by atoms with Crippen molar-refractivity contribution in [3.05, 3.63) is 36.9 Å². The molecule has 0 aliphatic heterocycles. The molecule has 0 unspecified atom stereocenters. The molecule has 0 aromatic carbocycles. The molecule has 0 radical (unpaired) electrons. The molecule has 4 rings (SSSR count). The summed E-state index contributed by atoms with van der Waals surface area (Å²) in [7, 11) is 0. The average Bonchev–Trinajstić information content (AvgIpc) is 3.27. The van der Waals surface area contributed by atoms with E-state index in [1.54, 1.807) is 29.5 Å². The molecule has 3 aromatic heterocycles. The second-order valence-electron chi connectivity index (χ2n) is 6.20. The molecule has 3 aromatic rings. The van der Waals surface area contributed by atoms with Crippen LogP contribution < -0.4 is 10.6 Å². The number of anilines is 2. The van der Waals surface area contributed by atoms with Crippen molar-refractivity contribution >= 4 is 28.6 Å². The van der Waals surface area contributed by atoms with Crippen LogP contribution in [0.15, 0.2) is 36.9 Å². The standard InChI is InChI=1S/C17H19N7O/c25-16(22-12-3-1-2-4-12)11-24-10-13(9-20-24)21-15-6-5-14-17(23-15)19-8-7-18-14/h5-10,12H,1-4,11H2,(H,22,25)(H,19,21,23). The molecule has 2 N–H and O–H groups in total. The number of hydrogen-bond acceptors (Lipinski definition) is 6. The quantitative estimate of drug-likeness (QED) is 0.739. The molecule has 0 atom stereocenters. The van der Waals surface area contributed by atoms with Crippen LogP contribution in [0.5, 0.6) is 0 Å². The summed E-state index contributed by atoms with van der Waals surface area (Å²) < 4.78 is 1.62. The van der Waals surface area contributed by atoms with Crippen LogP contribution in [0.2, 0.25) is 0 Å². The zero-order valence-electron chi connectivity index (χ0n) is 13.7. The fourth-order valence-electron chi connectivity index (χ4n) is 3.08. The Hall–Kier alpha value is -3.03. The lowest BCUT2D eigenvalue weighted by Gasteiger charge is -2.11. The minimum atomic E-state index is 0.000606. The number of nitrogens with zero attached hydrogens (tertiary/aromatic N) is 5. The number of fused-ring (bicyclic) bond motifs is 1. The maximum atomic E-state index is 12.1. The van der Waals surface area contributed by atoms with Gasteiger partial charge in [0.05, 0.1) is 11.9 Å². The molecule has 1 amide bonds. The number of carbonyl (C=O) groups is 1. The molecule has 0 spiro atoms. The Kier molecular flexibility index (Phi) is 4.24. The largest absolute Gasteiger partial charge is 0.352 e. The maximum absolute atomic E-state index is 12.1. The van der Waals surface area contributed by atoms with Crippen molar-refractivity contribution in [3.8, 4) is 0 Å². The van der Waals surface area contributed by atoms with Crippen molar-refractivity contribution in [2.75, 3.05) is 5.32 Å². The number of hydrogen-bond donors (Lipinski definition) is 2. The maximum Gasteiger partial charge on any atom is 0.241 e. The number of aromatic nitrogens is 5. The summed E-state index contributed by atoms with van der Waals surface area (Å²) in [4.78, 5) is 24.9. The van der Waals surface area contributed by atoms with E-state index >= 15 is 0 Å². The second kappa shape index (κ2) is 6.84. The summed E-state index contributed by atoms with van der Waals surface area (Å²) in [5.74, 6) is 0.656. The van der Waals surface area contributed by atoms with Gasteiger partial charge in [-0.15, -0.1) is 0 Å². The van der Waals surface area contributed by atoms with E-state index < -0.39 is 0 Å². The lowest BCUT2D eigenvalue weighted by molar-refractivity contribution is -0.122. The van der Waals surface area contributed by atoms with Gasteiger partial charge in [0.1, 0.15) is 17.9 Å². The Balaban J connectivity index is 1.39. The average molecular weight is 337 g/mol. The first-order valence-electron chi connectivity index (χ1n) is 8.43. The van der Waals surface area contributed by atoms with Gasteiger partial charge in [0.25, 0.3) is 0 Å². The fourth-order valence-corrected chi connectivity index (χ4v) is 3.08. The molecule has 0 bridgehead atoms. The lowest BCUT2D eigenvalue weighted by Crippen LogP contribution is -2.35. The van der Waals surface area contributed by atoms with Gasteiger partial charge >= 0.3 is 0 Å². The van der Waals surface area contributed by atoms with E-state index in [0.29, 0.717) is 17.5 Å². The lowest BCUT2D eigenvalue weighted by atomic mass is 10.2. The number of amides is 1. The van der Waals surface area contributed by atoms with Crippen LogP contribution in [0.25, 0.3) is 11.2 Å². The number of pyridine rings is 1. The highest BCUT2D eigenvalue weighted by Gasteiger charge is 2.17. The molecule has 1 fully saturated rings. The van der Waals surface area contributed by atoms with E-state index in [1.807, 2.05) is 12.1 Å². The first kappa shape index (κ1) is 15.5. The van der Waals surface area contributed by atoms with E-state index in [9.17, 15) is 4.79 Å². The molecular weight excluding hydrogens is 318 g/mol. The zero-order chi connectivity index (χ0) is 17.1. The molecule has 1 aliphatic carbocycles. The predicted molar refractivity (Wildman–Crippen MR) is 93.2 cm³/mol. The third-order valence-electron chi connectivity index (χ3n) is 4.26. The molecule has 0 saturated heterocycles. The molecule has 128 valence electrons. The minimum absolute atomic E-state index is 0.000606. The van der Waals surface area contributed by atoms with Gasteiger partial charge in [0, 0.05) is 24.6 Å². The Morgan fingerprint density at radius 1 is 1.20 bits per heavy atom. The molecule has 8 nitrogen and oxygen atoms in total. The minimum Gasteiger partial charge on any atom is -0.352 e. The predicted octanol–water partition coefficient (Wildman–Crippen LogP) is 2.02. The summed E-state index contributed by atoms with van der Waals surface area (Å²) in [5.41, 5.74) is 2.09. The smallest absolute Gasteiger partial charge is 0.241 e. The Morgan fingerprint density at radius 2 is 2.04 bits per heavy atom. The highest BCUT2D eigenvalue weighted by Crippen LogP contribution is 2.18. The van der Waals surface area contributed by atoms with E-state index in [2.05, 4.69) is 30.7 Å². The van der Waals surface area contributed by atoms with Gasteiger partial charge in [0.15, 0.2) is 5.65 Å². The van der Waals surface area contributed by atoms with Crippen molar-refractivity contribution in [1.82, 2.24) is 30.0 Å². The number of carbonyl (C=O) groups excluding carboxylic acids is 1. The normalized spacial score (nSPS) is 14.7. The van der Waals surface area contributed by atoms with Gasteiger partial charge in [-0.3, -0.25) is 14.5 Å². The first-order valence-corrected chi connectivity index (χ1v) is 8.43. The van der Waals surface area contributed by atoms with Crippen LogP contribution in [0.1, 0.15) is 25.7 Å². The van der Waals surface area contributed by atoms with Crippen LogP contribution in [0, 0.1) is 0 Å². The number of rotatable bonds is 5. The van der Waals surface area contributed by atoms with Crippen molar-refractivity contribution in [2.24, 2.45) is 0 Å². The van der Waals surface area contributed by atoms with Crippen molar-refractivity contribution in [1.29, 1.82) is 0 Å². The summed E-state index contributed by atoms with van der Waals surface area (Å²) in [6, 6.07) is 4.02.